The van der Waals surface area contributed by atoms with Crippen molar-refractivity contribution in [3.8, 4) is 0 Å². The van der Waals surface area contributed by atoms with Crippen molar-refractivity contribution in [1.29, 1.82) is 0 Å². The zero-order valence-electron chi connectivity index (χ0n) is 14.2. The maximum atomic E-state index is 12.5. The monoisotopic (exact) mass is 370 g/mol. The Balaban J connectivity index is 1.71. The van der Waals surface area contributed by atoms with Crippen LogP contribution in [0.25, 0.3) is 0 Å². The molecule has 1 fully saturated rings. The number of hydrogen-bond acceptors (Lipinski definition) is 3. The van der Waals surface area contributed by atoms with Gasteiger partial charge in [-0.3, -0.25) is 19.3 Å². The molecule has 134 valence electrons. The fraction of sp³-hybridized carbons (Fsp3) is 0.250. The summed E-state index contributed by atoms with van der Waals surface area (Å²) in [5.41, 5.74) is 1.85. The van der Waals surface area contributed by atoms with E-state index in [1.807, 2.05) is 42.5 Å². The SMILES string of the molecule is O=C(CCN1C(=O)CCC1=O)N[C@H](c1ccccc1)c1ccc(Cl)cc1. The summed E-state index contributed by atoms with van der Waals surface area (Å²) in [6, 6.07) is 16.6. The van der Waals surface area contributed by atoms with Crippen molar-refractivity contribution in [1.82, 2.24) is 10.2 Å². The average Bonchev–Trinajstić information content (AvgIpc) is 2.97. The van der Waals surface area contributed by atoms with Gasteiger partial charge in [0.15, 0.2) is 0 Å². The van der Waals surface area contributed by atoms with E-state index in [4.69, 9.17) is 11.6 Å². The molecule has 0 saturated carbocycles. The van der Waals surface area contributed by atoms with Gasteiger partial charge in [-0.15, -0.1) is 0 Å². The maximum Gasteiger partial charge on any atom is 0.229 e. The van der Waals surface area contributed by atoms with E-state index in [-0.39, 0.29) is 49.6 Å². The highest BCUT2D eigenvalue weighted by atomic mass is 35.5. The zero-order chi connectivity index (χ0) is 18.5. The minimum Gasteiger partial charge on any atom is -0.345 e. The smallest absolute Gasteiger partial charge is 0.229 e. The van der Waals surface area contributed by atoms with Gasteiger partial charge in [0.1, 0.15) is 0 Å². The minimum atomic E-state index is -0.328. The number of benzene rings is 2. The van der Waals surface area contributed by atoms with Crippen LogP contribution in [0.4, 0.5) is 0 Å². The van der Waals surface area contributed by atoms with Crippen LogP contribution in [0.15, 0.2) is 54.6 Å². The van der Waals surface area contributed by atoms with Crippen molar-refractivity contribution in [2.45, 2.75) is 25.3 Å². The third kappa shape index (κ3) is 4.29. The van der Waals surface area contributed by atoms with Gasteiger partial charge >= 0.3 is 0 Å². The second-order valence-corrected chi connectivity index (χ2v) is 6.59. The molecular weight excluding hydrogens is 352 g/mol. The van der Waals surface area contributed by atoms with Crippen LogP contribution in [-0.4, -0.2) is 29.2 Å². The molecule has 0 radical (unpaired) electrons. The Kier molecular flexibility index (Phi) is 5.68. The summed E-state index contributed by atoms with van der Waals surface area (Å²) in [6.07, 6.45) is 0.546. The van der Waals surface area contributed by atoms with Crippen molar-refractivity contribution in [2.24, 2.45) is 0 Å². The van der Waals surface area contributed by atoms with E-state index in [9.17, 15) is 14.4 Å². The van der Waals surface area contributed by atoms with Crippen molar-refractivity contribution >= 4 is 29.3 Å². The topological polar surface area (TPSA) is 66.5 Å². The molecular formula is C20H19ClN2O3. The highest BCUT2D eigenvalue weighted by Crippen LogP contribution is 2.23. The number of amides is 3. The number of halogens is 1. The first-order valence-corrected chi connectivity index (χ1v) is 8.85. The fourth-order valence-electron chi connectivity index (χ4n) is 2.98. The van der Waals surface area contributed by atoms with Gasteiger partial charge in [-0.2, -0.15) is 0 Å². The van der Waals surface area contributed by atoms with Crippen LogP contribution in [0.5, 0.6) is 0 Å². The highest BCUT2D eigenvalue weighted by molar-refractivity contribution is 6.30. The van der Waals surface area contributed by atoms with Crippen LogP contribution in [0, 0.1) is 0 Å². The molecule has 1 N–H and O–H groups in total. The van der Waals surface area contributed by atoms with E-state index in [0.29, 0.717) is 5.02 Å². The molecule has 3 amide bonds. The first-order valence-electron chi connectivity index (χ1n) is 8.47. The number of likely N-dealkylation sites (tertiary alicyclic amines) is 1. The summed E-state index contributed by atoms with van der Waals surface area (Å²) >= 11 is 5.96. The molecule has 0 unspecified atom stereocenters. The lowest BCUT2D eigenvalue weighted by Gasteiger charge is -2.21. The number of rotatable bonds is 6. The average molecular weight is 371 g/mol. The van der Waals surface area contributed by atoms with Gasteiger partial charge in [-0.25, -0.2) is 0 Å². The van der Waals surface area contributed by atoms with Crippen LogP contribution < -0.4 is 5.32 Å². The zero-order valence-corrected chi connectivity index (χ0v) is 14.9. The van der Waals surface area contributed by atoms with Crippen molar-refractivity contribution in [3.05, 3.63) is 70.7 Å². The van der Waals surface area contributed by atoms with Crippen LogP contribution in [-0.2, 0) is 14.4 Å². The van der Waals surface area contributed by atoms with Crippen molar-refractivity contribution in [3.63, 3.8) is 0 Å². The summed E-state index contributed by atoms with van der Waals surface area (Å²) in [5, 5.41) is 3.61. The van der Waals surface area contributed by atoms with Gasteiger partial charge < -0.3 is 5.32 Å². The molecule has 1 heterocycles. The number of hydrogen-bond donors (Lipinski definition) is 1. The van der Waals surface area contributed by atoms with E-state index in [1.54, 1.807) is 12.1 Å². The number of nitrogens with one attached hydrogen (secondary N) is 1. The first-order chi connectivity index (χ1) is 12.5. The fourth-order valence-corrected chi connectivity index (χ4v) is 3.10. The number of imide groups is 1. The third-order valence-electron chi connectivity index (χ3n) is 4.36. The summed E-state index contributed by atoms with van der Waals surface area (Å²) in [4.78, 5) is 36.9. The Labute approximate surface area is 156 Å². The molecule has 0 spiro atoms. The molecule has 2 aromatic rings. The lowest BCUT2D eigenvalue weighted by molar-refractivity contribution is -0.138. The molecule has 1 saturated heterocycles. The highest BCUT2D eigenvalue weighted by Gasteiger charge is 2.29. The molecule has 1 aliphatic heterocycles. The molecule has 0 aromatic heterocycles. The second-order valence-electron chi connectivity index (χ2n) is 6.15. The number of nitrogens with zero attached hydrogens (tertiary/aromatic N) is 1. The van der Waals surface area contributed by atoms with Crippen LogP contribution in [0.2, 0.25) is 5.02 Å². The molecule has 1 atom stereocenters. The van der Waals surface area contributed by atoms with E-state index < -0.39 is 0 Å². The summed E-state index contributed by atoms with van der Waals surface area (Å²) in [6.45, 7) is 0.117. The lowest BCUT2D eigenvalue weighted by Crippen LogP contribution is -2.35. The summed E-state index contributed by atoms with van der Waals surface area (Å²) in [7, 11) is 0. The predicted octanol–water partition coefficient (Wildman–Crippen LogP) is 3.08. The van der Waals surface area contributed by atoms with Gasteiger partial charge in [0.05, 0.1) is 6.04 Å². The van der Waals surface area contributed by atoms with Crippen LogP contribution in [0.3, 0.4) is 0 Å². The standard InChI is InChI=1S/C20H19ClN2O3/c21-16-8-6-15(7-9-16)20(14-4-2-1-3-5-14)22-17(24)12-13-23-18(25)10-11-19(23)26/h1-9,20H,10-13H2,(H,22,24)/t20-/m1/s1. The van der Waals surface area contributed by atoms with Gasteiger partial charge in [0.2, 0.25) is 17.7 Å². The molecule has 26 heavy (non-hydrogen) atoms. The first kappa shape index (κ1) is 18.1. The number of carbonyl (C=O) groups excluding carboxylic acids is 3. The maximum absolute atomic E-state index is 12.5. The van der Waals surface area contributed by atoms with Crippen molar-refractivity contribution in [2.75, 3.05) is 6.54 Å². The molecule has 0 bridgehead atoms. The normalized spacial score (nSPS) is 15.2. The summed E-state index contributed by atoms with van der Waals surface area (Å²) < 4.78 is 0. The minimum absolute atomic E-state index is 0.0778. The molecule has 6 heteroatoms. The van der Waals surface area contributed by atoms with E-state index in [2.05, 4.69) is 5.32 Å². The lowest BCUT2D eigenvalue weighted by atomic mass is 9.98. The molecule has 2 aromatic carbocycles. The Morgan fingerprint density at radius 3 is 2.15 bits per heavy atom. The van der Waals surface area contributed by atoms with Crippen LogP contribution in [0.1, 0.15) is 36.4 Å². The quantitative estimate of drug-likeness (QED) is 0.794. The molecule has 1 aliphatic rings. The Morgan fingerprint density at radius 2 is 1.54 bits per heavy atom. The molecule has 0 aliphatic carbocycles. The predicted molar refractivity (Wildman–Crippen MR) is 98.5 cm³/mol. The van der Waals surface area contributed by atoms with E-state index in [1.165, 1.54) is 4.90 Å². The largest absolute Gasteiger partial charge is 0.345 e. The van der Waals surface area contributed by atoms with E-state index in [0.717, 1.165) is 11.1 Å². The van der Waals surface area contributed by atoms with Gasteiger partial charge in [0.25, 0.3) is 0 Å². The van der Waals surface area contributed by atoms with Crippen LogP contribution >= 0.6 is 11.6 Å². The van der Waals surface area contributed by atoms with Gasteiger partial charge in [0, 0.05) is 30.8 Å². The van der Waals surface area contributed by atoms with Crippen molar-refractivity contribution < 1.29 is 14.4 Å². The Hall–Kier alpha value is -2.66. The van der Waals surface area contributed by atoms with Gasteiger partial charge in [-0.05, 0) is 23.3 Å². The molecule has 3 rings (SSSR count). The Morgan fingerprint density at radius 1 is 0.962 bits per heavy atom. The van der Waals surface area contributed by atoms with Gasteiger partial charge in [-0.1, -0.05) is 54.1 Å². The Bertz CT molecular complexity index is 790. The van der Waals surface area contributed by atoms with E-state index >= 15 is 0 Å². The second kappa shape index (κ2) is 8.15. The third-order valence-corrected chi connectivity index (χ3v) is 4.61. The molecule has 5 nitrogen and oxygen atoms in total. The summed E-state index contributed by atoms with van der Waals surface area (Å²) in [5.74, 6) is -0.637. The number of carbonyl (C=O) groups is 3.